The van der Waals surface area contributed by atoms with Gasteiger partial charge in [0.05, 0.1) is 10.2 Å². The molecule has 0 aliphatic rings. The summed E-state index contributed by atoms with van der Waals surface area (Å²) < 4.78 is 0.962. The molecule has 0 fully saturated rings. The minimum Gasteiger partial charge on any atom is -0.235 e. The smallest absolute Gasteiger partial charge is 0.150 e. The van der Waals surface area contributed by atoms with Gasteiger partial charge in [-0.15, -0.1) is 11.3 Å². The van der Waals surface area contributed by atoms with Gasteiger partial charge in [0.25, 0.3) is 0 Å². The van der Waals surface area contributed by atoms with Gasteiger partial charge < -0.3 is 0 Å². The quantitative estimate of drug-likeness (QED) is 0.610. The van der Waals surface area contributed by atoms with E-state index in [1.807, 2.05) is 25.3 Å². The van der Waals surface area contributed by atoms with E-state index in [0.29, 0.717) is 5.15 Å². The fourth-order valence-electron chi connectivity index (χ4n) is 0.759. The van der Waals surface area contributed by atoms with Gasteiger partial charge in [0, 0.05) is 0 Å². The number of hydrogen-bond acceptors (Lipinski definition) is 3. The molecular weight excluding hydrogens is 192 g/mol. The van der Waals surface area contributed by atoms with Gasteiger partial charge in [-0.1, -0.05) is 25.4 Å². The molecule has 0 aliphatic heterocycles. The van der Waals surface area contributed by atoms with E-state index in [-0.39, 0.29) is 0 Å². The standard InChI is InChI=1S/C6H3ClN2S.C2H6/c7-6-5-4(1-2-10-5)8-3-9-6;1-2/h1-3H;1-2H3. The third-order valence-electron chi connectivity index (χ3n) is 1.20. The van der Waals surface area contributed by atoms with Crippen LogP contribution in [0.1, 0.15) is 13.8 Å². The summed E-state index contributed by atoms with van der Waals surface area (Å²) in [6.45, 7) is 4.00. The molecule has 2 heterocycles. The van der Waals surface area contributed by atoms with Crippen LogP contribution in [0.3, 0.4) is 0 Å². The lowest BCUT2D eigenvalue weighted by Gasteiger charge is -1.87. The zero-order valence-electron chi connectivity index (χ0n) is 6.91. The number of fused-ring (bicyclic) bond motifs is 1. The summed E-state index contributed by atoms with van der Waals surface area (Å²) in [6.07, 6.45) is 1.47. The molecule has 0 N–H and O–H groups in total. The predicted octanol–water partition coefficient (Wildman–Crippen LogP) is 3.37. The number of halogens is 1. The fraction of sp³-hybridized carbons (Fsp3) is 0.250. The van der Waals surface area contributed by atoms with Crippen LogP contribution < -0.4 is 0 Å². The Balaban J connectivity index is 0.000000336. The Kier molecular flexibility index (Phi) is 3.44. The molecule has 4 heteroatoms. The van der Waals surface area contributed by atoms with Gasteiger partial charge in [0.15, 0.2) is 0 Å². The van der Waals surface area contributed by atoms with Crippen LogP contribution in [0, 0.1) is 0 Å². The Morgan fingerprint density at radius 3 is 2.75 bits per heavy atom. The van der Waals surface area contributed by atoms with E-state index in [9.17, 15) is 0 Å². The van der Waals surface area contributed by atoms with Crippen molar-refractivity contribution in [2.75, 3.05) is 0 Å². The number of nitrogens with zero attached hydrogens (tertiary/aromatic N) is 2. The maximum atomic E-state index is 5.76. The van der Waals surface area contributed by atoms with Crippen molar-refractivity contribution in [3.63, 3.8) is 0 Å². The van der Waals surface area contributed by atoms with Crippen molar-refractivity contribution in [3.8, 4) is 0 Å². The second-order valence-electron chi connectivity index (χ2n) is 1.80. The first-order valence-corrected chi connectivity index (χ1v) is 4.97. The van der Waals surface area contributed by atoms with Crippen LogP contribution in [-0.4, -0.2) is 9.97 Å². The lowest BCUT2D eigenvalue weighted by atomic mass is 10.5. The Morgan fingerprint density at radius 1 is 1.33 bits per heavy atom. The Morgan fingerprint density at radius 2 is 2.08 bits per heavy atom. The molecule has 0 amide bonds. The van der Waals surface area contributed by atoms with Gasteiger partial charge >= 0.3 is 0 Å². The van der Waals surface area contributed by atoms with Crippen molar-refractivity contribution >= 4 is 33.2 Å². The molecule has 12 heavy (non-hydrogen) atoms. The van der Waals surface area contributed by atoms with Crippen molar-refractivity contribution in [3.05, 3.63) is 22.9 Å². The van der Waals surface area contributed by atoms with E-state index >= 15 is 0 Å². The van der Waals surface area contributed by atoms with Crippen LogP contribution in [-0.2, 0) is 0 Å². The minimum absolute atomic E-state index is 0.542. The second kappa shape index (κ2) is 4.38. The molecule has 0 aromatic carbocycles. The van der Waals surface area contributed by atoms with Crippen molar-refractivity contribution < 1.29 is 0 Å². The summed E-state index contributed by atoms with van der Waals surface area (Å²) >= 11 is 7.31. The first-order chi connectivity index (χ1) is 5.88. The van der Waals surface area contributed by atoms with Gasteiger partial charge in [-0.25, -0.2) is 9.97 Å². The molecule has 2 nitrogen and oxygen atoms in total. The van der Waals surface area contributed by atoms with E-state index in [1.54, 1.807) is 11.3 Å². The van der Waals surface area contributed by atoms with E-state index in [2.05, 4.69) is 9.97 Å². The van der Waals surface area contributed by atoms with Gasteiger partial charge in [0.2, 0.25) is 0 Å². The summed E-state index contributed by atoms with van der Waals surface area (Å²) in [5.41, 5.74) is 0.921. The Hall–Kier alpha value is -0.670. The third kappa shape index (κ3) is 1.73. The highest BCUT2D eigenvalue weighted by atomic mass is 35.5. The van der Waals surface area contributed by atoms with Crippen molar-refractivity contribution in [1.82, 2.24) is 9.97 Å². The van der Waals surface area contributed by atoms with Crippen LogP contribution in [0.25, 0.3) is 10.2 Å². The molecule has 0 bridgehead atoms. The highest BCUT2D eigenvalue weighted by Gasteiger charge is 1.99. The van der Waals surface area contributed by atoms with Crippen LogP contribution in [0.5, 0.6) is 0 Å². The lowest BCUT2D eigenvalue weighted by Crippen LogP contribution is -1.76. The zero-order valence-corrected chi connectivity index (χ0v) is 8.49. The SMILES string of the molecule is CC.Clc1ncnc2ccsc12. The van der Waals surface area contributed by atoms with Crippen LogP contribution in [0.15, 0.2) is 17.8 Å². The van der Waals surface area contributed by atoms with Crippen molar-refractivity contribution in [1.29, 1.82) is 0 Å². The van der Waals surface area contributed by atoms with Gasteiger partial charge in [0.1, 0.15) is 11.5 Å². The third-order valence-corrected chi connectivity index (χ3v) is 2.51. The molecule has 0 spiro atoms. The molecular formula is C8H9ClN2S. The largest absolute Gasteiger partial charge is 0.235 e. The van der Waals surface area contributed by atoms with Crippen molar-refractivity contribution in [2.45, 2.75) is 13.8 Å². The molecule has 2 aromatic rings. The molecule has 2 aromatic heterocycles. The van der Waals surface area contributed by atoms with Crippen LogP contribution in [0.4, 0.5) is 0 Å². The van der Waals surface area contributed by atoms with Crippen LogP contribution in [0.2, 0.25) is 5.15 Å². The fourth-order valence-corrected chi connectivity index (χ4v) is 1.76. The predicted molar refractivity (Wildman–Crippen MR) is 53.8 cm³/mol. The van der Waals surface area contributed by atoms with E-state index in [0.717, 1.165) is 10.2 Å². The van der Waals surface area contributed by atoms with Crippen LogP contribution >= 0.6 is 22.9 Å². The molecule has 0 aliphatic carbocycles. The topological polar surface area (TPSA) is 25.8 Å². The average molecular weight is 201 g/mol. The number of hydrogen-bond donors (Lipinski definition) is 0. The molecule has 2 rings (SSSR count). The van der Waals surface area contributed by atoms with Gasteiger partial charge in [-0.3, -0.25) is 0 Å². The average Bonchev–Trinajstić information content (AvgIpc) is 2.57. The highest BCUT2D eigenvalue weighted by Crippen LogP contribution is 2.23. The number of thiophene rings is 1. The Labute approximate surface area is 80.2 Å². The van der Waals surface area contributed by atoms with Crippen molar-refractivity contribution in [2.24, 2.45) is 0 Å². The molecule has 64 valence electrons. The second-order valence-corrected chi connectivity index (χ2v) is 3.07. The summed E-state index contributed by atoms with van der Waals surface area (Å²) in [4.78, 5) is 7.86. The van der Waals surface area contributed by atoms with E-state index in [4.69, 9.17) is 11.6 Å². The highest BCUT2D eigenvalue weighted by molar-refractivity contribution is 7.17. The number of aromatic nitrogens is 2. The summed E-state index contributed by atoms with van der Waals surface area (Å²) in [6, 6.07) is 1.92. The number of rotatable bonds is 0. The maximum absolute atomic E-state index is 5.76. The maximum Gasteiger partial charge on any atom is 0.150 e. The molecule has 0 saturated carbocycles. The zero-order chi connectivity index (χ0) is 8.97. The molecule has 0 unspecified atom stereocenters. The molecule has 0 radical (unpaired) electrons. The first-order valence-electron chi connectivity index (χ1n) is 3.71. The van der Waals surface area contributed by atoms with E-state index in [1.165, 1.54) is 6.33 Å². The minimum atomic E-state index is 0.542. The van der Waals surface area contributed by atoms with Gasteiger partial charge in [-0.05, 0) is 11.4 Å². The van der Waals surface area contributed by atoms with Gasteiger partial charge in [-0.2, -0.15) is 0 Å². The Bertz CT molecular complexity index is 359. The molecule has 0 atom stereocenters. The molecule has 0 saturated heterocycles. The summed E-state index contributed by atoms with van der Waals surface area (Å²) in [5, 5.41) is 2.49. The summed E-state index contributed by atoms with van der Waals surface area (Å²) in [7, 11) is 0. The normalized spacial score (nSPS) is 9.25. The summed E-state index contributed by atoms with van der Waals surface area (Å²) in [5.74, 6) is 0. The lowest BCUT2D eigenvalue weighted by molar-refractivity contribution is 1.23. The monoisotopic (exact) mass is 200 g/mol. The van der Waals surface area contributed by atoms with E-state index < -0.39 is 0 Å². The first kappa shape index (κ1) is 9.42.